The molecule has 0 radical (unpaired) electrons. The van der Waals surface area contributed by atoms with Crippen LogP contribution in [0.3, 0.4) is 0 Å². The molecule has 0 unspecified atom stereocenters. The van der Waals surface area contributed by atoms with Crippen LogP contribution in [0.1, 0.15) is 23.6 Å². The average molecular weight is 374 g/mol. The van der Waals surface area contributed by atoms with Gasteiger partial charge >= 0.3 is 0 Å². The van der Waals surface area contributed by atoms with Crippen molar-refractivity contribution in [2.75, 3.05) is 7.05 Å². The topological polar surface area (TPSA) is 27.6 Å². The van der Waals surface area contributed by atoms with Crippen molar-refractivity contribution in [2.45, 2.75) is 12.5 Å². The Morgan fingerprint density at radius 1 is 1.23 bits per heavy atom. The number of benzene rings is 2. The third kappa shape index (κ3) is 3.05. The van der Waals surface area contributed by atoms with Crippen molar-refractivity contribution in [2.24, 2.45) is 5.10 Å². The van der Waals surface area contributed by atoms with Crippen LogP contribution in [0.5, 0.6) is 0 Å². The minimum atomic E-state index is 0.118. The summed E-state index contributed by atoms with van der Waals surface area (Å²) in [6.07, 6.45) is 0.836. The SMILES string of the molecule is CNC(=S)N1N=C(c2ccccc2)C[C@@H]1c1cccc(Br)c1. The molecule has 1 heterocycles. The zero-order valence-electron chi connectivity index (χ0n) is 12.2. The highest BCUT2D eigenvalue weighted by atomic mass is 79.9. The van der Waals surface area contributed by atoms with Crippen molar-refractivity contribution in [1.82, 2.24) is 10.3 Å². The maximum atomic E-state index is 5.42. The van der Waals surface area contributed by atoms with Gasteiger partial charge in [0.2, 0.25) is 0 Å². The van der Waals surface area contributed by atoms with E-state index in [0.717, 1.165) is 22.2 Å². The minimum absolute atomic E-state index is 0.118. The molecule has 0 saturated carbocycles. The van der Waals surface area contributed by atoms with Gasteiger partial charge < -0.3 is 5.32 Å². The van der Waals surface area contributed by atoms with E-state index < -0.39 is 0 Å². The van der Waals surface area contributed by atoms with Crippen LogP contribution in [0.15, 0.2) is 64.2 Å². The number of nitrogens with zero attached hydrogens (tertiary/aromatic N) is 2. The largest absolute Gasteiger partial charge is 0.364 e. The van der Waals surface area contributed by atoms with Crippen molar-refractivity contribution in [3.05, 3.63) is 70.2 Å². The fourth-order valence-corrected chi connectivity index (χ4v) is 3.18. The Labute approximate surface area is 144 Å². The first-order valence-electron chi connectivity index (χ1n) is 7.08. The van der Waals surface area contributed by atoms with Gasteiger partial charge in [-0.05, 0) is 35.5 Å². The highest BCUT2D eigenvalue weighted by molar-refractivity contribution is 9.10. The molecule has 1 N–H and O–H groups in total. The molecule has 2 aromatic carbocycles. The Kier molecular flexibility index (Phi) is 4.55. The molecule has 3 nitrogen and oxygen atoms in total. The molecule has 0 spiro atoms. The number of nitrogens with one attached hydrogen (secondary N) is 1. The summed E-state index contributed by atoms with van der Waals surface area (Å²) in [6, 6.07) is 18.7. The first kappa shape index (κ1) is 15.2. The number of hydrogen-bond donors (Lipinski definition) is 1. The lowest BCUT2D eigenvalue weighted by atomic mass is 9.99. The summed E-state index contributed by atoms with van der Waals surface area (Å²) in [5.74, 6) is 0. The third-order valence-corrected chi connectivity index (χ3v) is 4.56. The zero-order valence-corrected chi connectivity index (χ0v) is 14.6. The molecule has 22 heavy (non-hydrogen) atoms. The second-order valence-electron chi connectivity index (χ2n) is 5.09. The summed E-state index contributed by atoms with van der Waals surface area (Å²) < 4.78 is 1.06. The smallest absolute Gasteiger partial charge is 0.189 e. The lowest BCUT2D eigenvalue weighted by molar-refractivity contribution is 0.366. The van der Waals surface area contributed by atoms with E-state index in [1.165, 1.54) is 5.56 Å². The zero-order chi connectivity index (χ0) is 15.5. The van der Waals surface area contributed by atoms with Gasteiger partial charge in [-0.3, -0.25) is 0 Å². The predicted octanol–water partition coefficient (Wildman–Crippen LogP) is 4.10. The van der Waals surface area contributed by atoms with Gasteiger partial charge in [-0.25, -0.2) is 5.01 Å². The van der Waals surface area contributed by atoms with E-state index in [4.69, 9.17) is 17.3 Å². The summed E-state index contributed by atoms with van der Waals surface area (Å²) in [5, 5.41) is 10.3. The molecule has 5 heteroatoms. The average Bonchev–Trinajstić information content (AvgIpc) is 3.00. The molecule has 0 aromatic heterocycles. The lowest BCUT2D eigenvalue weighted by Crippen LogP contribution is -2.34. The molecular weight excluding hydrogens is 358 g/mol. The summed E-state index contributed by atoms with van der Waals surface area (Å²) in [7, 11) is 1.83. The van der Waals surface area contributed by atoms with E-state index in [9.17, 15) is 0 Å². The Bertz CT molecular complexity index is 715. The maximum Gasteiger partial charge on any atom is 0.189 e. The van der Waals surface area contributed by atoms with Gasteiger partial charge in [0.25, 0.3) is 0 Å². The monoisotopic (exact) mass is 373 g/mol. The number of hydrogen-bond acceptors (Lipinski definition) is 2. The van der Waals surface area contributed by atoms with Crippen LogP contribution >= 0.6 is 28.1 Å². The molecule has 0 aliphatic carbocycles. The van der Waals surface area contributed by atoms with E-state index in [2.05, 4.69) is 45.5 Å². The van der Waals surface area contributed by atoms with Gasteiger partial charge in [0.1, 0.15) is 0 Å². The molecule has 112 valence electrons. The van der Waals surface area contributed by atoms with Gasteiger partial charge in [0.05, 0.1) is 11.8 Å². The van der Waals surface area contributed by atoms with Crippen LogP contribution in [-0.4, -0.2) is 22.9 Å². The van der Waals surface area contributed by atoms with Gasteiger partial charge in [-0.1, -0.05) is 58.4 Å². The van der Waals surface area contributed by atoms with Gasteiger partial charge in [0.15, 0.2) is 5.11 Å². The Hall–Kier alpha value is -1.72. The molecule has 1 aliphatic heterocycles. The van der Waals surface area contributed by atoms with E-state index in [1.807, 2.05) is 42.4 Å². The summed E-state index contributed by atoms with van der Waals surface area (Å²) >= 11 is 8.96. The molecule has 1 atom stereocenters. The van der Waals surface area contributed by atoms with E-state index >= 15 is 0 Å². The molecule has 0 saturated heterocycles. The number of thiocarbonyl (C=S) groups is 1. The molecule has 0 bridgehead atoms. The normalized spacial score (nSPS) is 17.3. The second kappa shape index (κ2) is 6.58. The third-order valence-electron chi connectivity index (χ3n) is 3.67. The van der Waals surface area contributed by atoms with Crippen LogP contribution in [0, 0.1) is 0 Å². The number of hydrazone groups is 1. The van der Waals surface area contributed by atoms with E-state index in [0.29, 0.717) is 5.11 Å². The van der Waals surface area contributed by atoms with Crippen molar-refractivity contribution in [3.8, 4) is 0 Å². The van der Waals surface area contributed by atoms with Crippen molar-refractivity contribution in [1.29, 1.82) is 0 Å². The summed E-state index contributed by atoms with van der Waals surface area (Å²) in [6.45, 7) is 0. The highest BCUT2D eigenvalue weighted by Gasteiger charge is 2.30. The van der Waals surface area contributed by atoms with Crippen molar-refractivity contribution < 1.29 is 0 Å². The first-order chi connectivity index (χ1) is 10.7. The van der Waals surface area contributed by atoms with E-state index in [-0.39, 0.29) is 6.04 Å². The Morgan fingerprint density at radius 3 is 2.68 bits per heavy atom. The maximum absolute atomic E-state index is 5.42. The molecule has 0 amide bonds. The van der Waals surface area contributed by atoms with Gasteiger partial charge in [-0.2, -0.15) is 5.10 Å². The van der Waals surface area contributed by atoms with Crippen molar-refractivity contribution in [3.63, 3.8) is 0 Å². The molecule has 0 fully saturated rings. The Balaban J connectivity index is 1.96. The number of rotatable bonds is 2. The standard InChI is InChI=1S/C17H16BrN3S/c1-19-17(22)21-16(13-8-5-9-14(18)10-13)11-15(20-21)12-6-3-2-4-7-12/h2-10,16H,11H2,1H3,(H,19,22)/t16-/m1/s1. The van der Waals surface area contributed by atoms with Crippen LogP contribution in [0.2, 0.25) is 0 Å². The second-order valence-corrected chi connectivity index (χ2v) is 6.39. The Morgan fingerprint density at radius 2 is 2.00 bits per heavy atom. The van der Waals surface area contributed by atoms with E-state index in [1.54, 1.807) is 0 Å². The molecule has 2 aromatic rings. The lowest BCUT2D eigenvalue weighted by Gasteiger charge is -2.23. The molecule has 1 aliphatic rings. The minimum Gasteiger partial charge on any atom is -0.364 e. The van der Waals surface area contributed by atoms with Crippen LogP contribution in [-0.2, 0) is 0 Å². The predicted molar refractivity (Wildman–Crippen MR) is 98.0 cm³/mol. The summed E-state index contributed by atoms with van der Waals surface area (Å²) in [5.41, 5.74) is 3.40. The van der Waals surface area contributed by atoms with Gasteiger partial charge in [0, 0.05) is 17.9 Å². The van der Waals surface area contributed by atoms with Crippen LogP contribution in [0.25, 0.3) is 0 Å². The van der Waals surface area contributed by atoms with Crippen LogP contribution in [0.4, 0.5) is 0 Å². The van der Waals surface area contributed by atoms with Crippen molar-refractivity contribution >= 4 is 39.0 Å². The molecule has 3 rings (SSSR count). The fourth-order valence-electron chi connectivity index (χ4n) is 2.59. The highest BCUT2D eigenvalue weighted by Crippen LogP contribution is 2.33. The van der Waals surface area contributed by atoms with Gasteiger partial charge in [-0.15, -0.1) is 0 Å². The molecular formula is C17H16BrN3S. The quantitative estimate of drug-likeness (QED) is 0.802. The summed E-state index contributed by atoms with van der Waals surface area (Å²) in [4.78, 5) is 0. The first-order valence-corrected chi connectivity index (χ1v) is 8.28. The van der Waals surface area contributed by atoms with Crippen LogP contribution < -0.4 is 5.32 Å². The fraction of sp³-hybridized carbons (Fsp3) is 0.176. The number of halogens is 1.